The molecule has 1 aliphatic rings. The summed E-state index contributed by atoms with van der Waals surface area (Å²) in [5, 5.41) is 14.7. The van der Waals surface area contributed by atoms with Gasteiger partial charge in [-0.25, -0.2) is 4.98 Å². The number of rotatable bonds is 7. The number of likely N-dealkylation sites (N-methyl/N-ethyl adjacent to an activating group) is 1. The van der Waals surface area contributed by atoms with E-state index in [1.54, 1.807) is 30.1 Å². The van der Waals surface area contributed by atoms with Gasteiger partial charge >= 0.3 is 0 Å². The number of ether oxygens (including phenoxy) is 1. The van der Waals surface area contributed by atoms with Crippen molar-refractivity contribution < 1.29 is 9.53 Å². The second kappa shape index (κ2) is 10.4. The molecule has 1 saturated heterocycles. The van der Waals surface area contributed by atoms with Gasteiger partial charge in [0.25, 0.3) is 5.91 Å². The fraction of sp³-hybridized carbons (Fsp3) is 0.304. The molecule has 1 fully saturated rings. The summed E-state index contributed by atoms with van der Waals surface area (Å²) >= 11 is 6.33. The highest BCUT2D eigenvalue weighted by Crippen LogP contribution is 2.32. The first-order valence-electron chi connectivity index (χ1n) is 10.7. The Morgan fingerprint density at radius 2 is 2.06 bits per heavy atom. The minimum atomic E-state index is -0.353. The van der Waals surface area contributed by atoms with Gasteiger partial charge in [-0.05, 0) is 25.2 Å². The first-order chi connectivity index (χ1) is 16.5. The largest absolute Gasteiger partial charge is 0.494 e. The lowest BCUT2D eigenvalue weighted by Gasteiger charge is -2.34. The van der Waals surface area contributed by atoms with Gasteiger partial charge in [0.15, 0.2) is 5.82 Å². The number of halogens is 1. The molecule has 1 aliphatic heterocycles. The number of nitriles is 1. The lowest BCUT2D eigenvalue weighted by molar-refractivity contribution is 0.0958. The highest BCUT2D eigenvalue weighted by molar-refractivity contribution is 6.32. The monoisotopic (exact) mass is 480 g/mol. The van der Waals surface area contributed by atoms with Gasteiger partial charge in [-0.2, -0.15) is 10.2 Å². The summed E-state index contributed by atoms with van der Waals surface area (Å²) in [6.45, 7) is 3.89. The van der Waals surface area contributed by atoms with Gasteiger partial charge in [-0.1, -0.05) is 11.6 Å². The first-order valence-corrected chi connectivity index (χ1v) is 11.1. The number of amides is 1. The maximum Gasteiger partial charge on any atom is 0.253 e. The van der Waals surface area contributed by atoms with Crippen molar-refractivity contribution in [1.82, 2.24) is 24.8 Å². The van der Waals surface area contributed by atoms with Gasteiger partial charge in [0.1, 0.15) is 17.3 Å². The Kier molecular flexibility index (Phi) is 7.15. The topological polar surface area (TPSA) is 111 Å². The molecule has 10 nitrogen and oxygen atoms in total. The zero-order valence-electron chi connectivity index (χ0n) is 19.0. The highest BCUT2D eigenvalue weighted by atomic mass is 35.5. The maximum absolute atomic E-state index is 12.1. The van der Waals surface area contributed by atoms with E-state index >= 15 is 0 Å². The van der Waals surface area contributed by atoms with E-state index in [9.17, 15) is 4.79 Å². The van der Waals surface area contributed by atoms with E-state index in [0.29, 0.717) is 28.1 Å². The minimum absolute atomic E-state index is 0.0677. The number of aromatic nitrogens is 3. The molecule has 1 amide bonds. The molecule has 0 bridgehead atoms. The predicted molar refractivity (Wildman–Crippen MR) is 130 cm³/mol. The fourth-order valence-corrected chi connectivity index (χ4v) is 3.84. The number of carbonyl (C=O) groups excluding carboxylic acids is 1. The molecule has 0 aliphatic carbocycles. The molecule has 0 radical (unpaired) electrons. The Bertz CT molecular complexity index is 1210. The van der Waals surface area contributed by atoms with Crippen LogP contribution in [0.2, 0.25) is 5.02 Å². The molecule has 2 N–H and O–H groups in total. The average Bonchev–Trinajstić information content (AvgIpc) is 3.34. The summed E-state index contributed by atoms with van der Waals surface area (Å²) in [5.74, 6) is 1.06. The molecule has 1 aromatic carbocycles. The molecule has 0 spiro atoms. The molecule has 3 heterocycles. The second-order valence-corrected chi connectivity index (χ2v) is 8.22. The number of methoxy groups -OCH3 is 1. The number of piperazine rings is 1. The van der Waals surface area contributed by atoms with Crippen LogP contribution in [0.5, 0.6) is 5.75 Å². The van der Waals surface area contributed by atoms with E-state index in [1.807, 2.05) is 24.3 Å². The lowest BCUT2D eigenvalue weighted by atomic mass is 10.2. The molecular weight excluding hydrogens is 456 g/mol. The molecule has 4 rings (SSSR count). The molecule has 176 valence electrons. The van der Waals surface area contributed by atoms with E-state index in [1.165, 1.54) is 6.20 Å². The molecular formula is C23H25ClN8O2. The van der Waals surface area contributed by atoms with Gasteiger partial charge in [0, 0.05) is 50.3 Å². The average molecular weight is 481 g/mol. The third kappa shape index (κ3) is 5.22. The summed E-state index contributed by atoms with van der Waals surface area (Å²) in [4.78, 5) is 25.5. The maximum atomic E-state index is 12.1. The number of benzene rings is 1. The molecule has 0 atom stereocenters. The molecule has 3 aromatic rings. The fourth-order valence-electron chi connectivity index (χ4n) is 3.65. The second-order valence-electron chi connectivity index (χ2n) is 7.81. The molecule has 0 unspecified atom stereocenters. The van der Waals surface area contributed by atoms with Crippen LogP contribution >= 0.6 is 11.6 Å². The SMILES string of the molecule is COc1cc(N2CCN(C)CC2)ccc1Nc1ncc(Cl)c(-n2ccc(C(=O)NCC#N)c2)n1. The minimum Gasteiger partial charge on any atom is -0.494 e. The summed E-state index contributed by atoms with van der Waals surface area (Å²) in [6.07, 6.45) is 4.76. The molecule has 2 aromatic heterocycles. The van der Waals surface area contributed by atoms with Crippen molar-refractivity contribution in [1.29, 1.82) is 5.26 Å². The summed E-state index contributed by atoms with van der Waals surface area (Å²) in [6, 6.07) is 9.49. The van der Waals surface area contributed by atoms with Crippen molar-refractivity contribution in [2.75, 3.05) is 57.1 Å². The highest BCUT2D eigenvalue weighted by Gasteiger charge is 2.17. The van der Waals surface area contributed by atoms with Gasteiger partial charge in [0.05, 0.1) is 30.6 Å². The van der Waals surface area contributed by atoms with Crippen LogP contribution in [0.15, 0.2) is 42.9 Å². The smallest absolute Gasteiger partial charge is 0.253 e. The summed E-state index contributed by atoms with van der Waals surface area (Å²) in [5.41, 5.74) is 2.21. The molecule has 11 heteroatoms. The summed E-state index contributed by atoms with van der Waals surface area (Å²) < 4.78 is 7.25. The van der Waals surface area contributed by atoms with Crippen LogP contribution in [0.4, 0.5) is 17.3 Å². The van der Waals surface area contributed by atoms with Crippen LogP contribution in [-0.4, -0.2) is 72.2 Å². The Labute approximate surface area is 202 Å². The van der Waals surface area contributed by atoms with Crippen molar-refractivity contribution in [3.63, 3.8) is 0 Å². The van der Waals surface area contributed by atoms with E-state index in [4.69, 9.17) is 21.6 Å². The third-order valence-electron chi connectivity index (χ3n) is 5.55. The predicted octanol–water partition coefficient (Wildman–Crippen LogP) is 2.68. The number of anilines is 3. The Morgan fingerprint density at radius 3 is 2.79 bits per heavy atom. The normalized spacial score (nSPS) is 13.9. The van der Waals surface area contributed by atoms with E-state index < -0.39 is 0 Å². The van der Waals surface area contributed by atoms with Gasteiger partial charge in [0.2, 0.25) is 5.95 Å². The van der Waals surface area contributed by atoms with Gasteiger partial charge in [-0.15, -0.1) is 0 Å². The van der Waals surface area contributed by atoms with Crippen LogP contribution in [0.25, 0.3) is 5.82 Å². The zero-order valence-corrected chi connectivity index (χ0v) is 19.7. The van der Waals surface area contributed by atoms with E-state index in [-0.39, 0.29) is 12.5 Å². The molecule has 34 heavy (non-hydrogen) atoms. The van der Waals surface area contributed by atoms with Gasteiger partial charge < -0.3 is 29.7 Å². The molecule has 0 saturated carbocycles. The van der Waals surface area contributed by atoms with E-state index in [2.05, 4.69) is 37.4 Å². The quantitative estimate of drug-likeness (QED) is 0.496. The Balaban J connectivity index is 1.54. The van der Waals surface area contributed by atoms with Crippen molar-refractivity contribution in [3.05, 3.63) is 53.4 Å². The lowest BCUT2D eigenvalue weighted by Crippen LogP contribution is -2.44. The van der Waals surface area contributed by atoms with Crippen LogP contribution < -0.4 is 20.3 Å². The van der Waals surface area contributed by atoms with Crippen LogP contribution in [0, 0.1) is 11.3 Å². The number of carbonyl (C=O) groups is 1. The number of nitrogens with zero attached hydrogens (tertiary/aromatic N) is 6. The van der Waals surface area contributed by atoms with Crippen molar-refractivity contribution in [2.24, 2.45) is 0 Å². The number of hydrogen-bond acceptors (Lipinski definition) is 8. The van der Waals surface area contributed by atoms with Crippen molar-refractivity contribution >= 4 is 34.8 Å². The first kappa shape index (κ1) is 23.4. The third-order valence-corrected chi connectivity index (χ3v) is 5.82. The van der Waals surface area contributed by atoms with Gasteiger partial charge in [-0.3, -0.25) is 4.79 Å². The van der Waals surface area contributed by atoms with Crippen LogP contribution in [0.1, 0.15) is 10.4 Å². The number of hydrogen-bond donors (Lipinski definition) is 2. The summed E-state index contributed by atoms with van der Waals surface area (Å²) in [7, 11) is 3.75. The van der Waals surface area contributed by atoms with Crippen LogP contribution in [0.3, 0.4) is 0 Å². The van der Waals surface area contributed by atoms with E-state index in [0.717, 1.165) is 37.6 Å². The standard InChI is InChI=1S/C23H25ClN8O2/c1-30-9-11-31(12-10-30)17-3-4-19(20(13-17)34-2)28-23-27-14-18(24)21(29-23)32-8-5-16(15-32)22(33)26-7-6-25/h3-5,8,13-15H,7,9-12H2,1-2H3,(H,26,33)(H,27,28,29). The zero-order chi connectivity index (χ0) is 24.1. The Hall–Kier alpha value is -3.81. The van der Waals surface area contributed by atoms with Crippen molar-refractivity contribution in [2.45, 2.75) is 0 Å². The number of nitrogens with one attached hydrogen (secondary N) is 2. The van der Waals surface area contributed by atoms with Crippen molar-refractivity contribution in [3.8, 4) is 17.6 Å². The van der Waals surface area contributed by atoms with Crippen LogP contribution in [-0.2, 0) is 0 Å². The Morgan fingerprint density at radius 1 is 1.26 bits per heavy atom.